The molecule has 2 aliphatic rings. The second kappa shape index (κ2) is 40.1. The van der Waals surface area contributed by atoms with Crippen LogP contribution in [0.1, 0.15) is 94.3 Å². The number of nitrogens with one attached hydrogen (secondary N) is 2. The predicted molar refractivity (Wildman–Crippen MR) is 397 cm³/mol. The highest BCUT2D eigenvalue weighted by Gasteiger charge is 2.49. The number of para-hydroxylation sites is 2. The number of aromatic nitrogens is 2. The van der Waals surface area contributed by atoms with Crippen LogP contribution >= 0.6 is 12.4 Å². The molecule has 8 aromatic carbocycles. The van der Waals surface area contributed by atoms with Gasteiger partial charge in [0.15, 0.2) is 16.9 Å². The molecule has 1 amide bonds. The topological polar surface area (TPSA) is 296 Å². The summed E-state index contributed by atoms with van der Waals surface area (Å²) in [5, 5.41) is 0. The Morgan fingerprint density at radius 3 is 1.31 bits per heavy atom. The van der Waals surface area contributed by atoms with Crippen LogP contribution < -0.4 is 45.7 Å². The number of halogens is 25. The van der Waals surface area contributed by atoms with Crippen LogP contribution in [-0.2, 0) is 37.6 Å². The van der Waals surface area contributed by atoms with Crippen molar-refractivity contribution in [2.45, 2.75) is 95.5 Å². The number of aromatic amines is 2. The number of carbonyl (C=O) groups is 5. The van der Waals surface area contributed by atoms with Crippen molar-refractivity contribution in [3.63, 3.8) is 0 Å². The lowest BCUT2D eigenvalue weighted by Crippen LogP contribution is -2.40. The number of ether oxygens (including phenoxy) is 7. The molecule has 2 aromatic heterocycles. The lowest BCUT2D eigenvalue weighted by molar-refractivity contribution is -0.277. The standard InChI is InChI=1S/C30H19F8N3O5.C18H13F8NO2.C15H8F6O3.C13H11NO6.C3H7F2N.ClH/c1-28(31,32)13-41-24(22-18(26(41)42)12-39-23(22)17-3-2-4-20-25(17)45-27(43)40-20)14-5-7-15(8-6-14)44-16-9-10-21(46-30(36,37)38)19(11-16)29(33,34)35;1-16(19,20)10-27-9-11-2-4-12(5-3-11)28-13-6-7-15(29-18(24,25)26)14(8-13)17(21,22)23;16-14(17,18)12-7-11(5-6-13(12)24-15(19,20)21)23-10-3-1-9(8-22)2-4-10;1-2-19-12(17)10(16)6-9(15)7-4-3-5-8-11(7)20-13(18)14-8;1-3(4,5)2-6;/h2-11,24H,12-13H2,1H3,(H,40,43);2-9H,10H2,1H3;1-8H;3-5H,2,6H2,1H3,(H,14,18);2,6H2,1H3;1H. The van der Waals surface area contributed by atoms with Crippen molar-refractivity contribution in [1.29, 1.82) is 0 Å². The summed E-state index contributed by atoms with van der Waals surface area (Å²) in [6.45, 7) is 1.42. The first kappa shape index (κ1) is 99.8. The van der Waals surface area contributed by atoms with Gasteiger partial charge in [-0.2, -0.15) is 39.5 Å². The molecule has 22 nitrogen and oxygen atoms in total. The molecule has 0 saturated heterocycles. The largest absolute Gasteiger partial charge is 0.573 e. The van der Waals surface area contributed by atoms with Gasteiger partial charge in [-0.15, -0.1) is 51.9 Å². The zero-order valence-corrected chi connectivity index (χ0v) is 64.8. The number of esters is 1. The molecule has 2 aliphatic heterocycles. The minimum atomic E-state index is -5.36. The fraction of sp³-hybridized carbons (Fsp3) is 0.253. The van der Waals surface area contributed by atoms with Crippen molar-refractivity contribution in [3.05, 3.63) is 241 Å². The van der Waals surface area contributed by atoms with Gasteiger partial charge in [0.05, 0.1) is 61.0 Å². The first-order valence-corrected chi connectivity index (χ1v) is 35.0. The summed E-state index contributed by atoms with van der Waals surface area (Å²) >= 11 is 0. The first-order chi connectivity index (χ1) is 57.9. The Morgan fingerprint density at radius 2 is 0.921 bits per heavy atom. The maximum atomic E-state index is 14.3. The second-order valence-corrected chi connectivity index (χ2v) is 26.2. The first-order valence-electron chi connectivity index (χ1n) is 35.0. The number of nitrogens with two attached hydrogens (primary N) is 1. The van der Waals surface area contributed by atoms with Crippen LogP contribution in [0.25, 0.3) is 22.2 Å². The maximum Gasteiger partial charge on any atom is 0.573 e. The number of benzene rings is 8. The van der Waals surface area contributed by atoms with Crippen LogP contribution in [-0.4, -0.2) is 126 Å². The number of hydrogen-bond acceptors (Lipinski definition) is 19. The van der Waals surface area contributed by atoms with E-state index in [2.05, 4.69) is 44.6 Å². The van der Waals surface area contributed by atoms with Crippen LogP contribution in [0, 0.1) is 0 Å². The third kappa shape index (κ3) is 29.2. The molecule has 676 valence electrons. The number of carbonyl (C=O) groups excluding carboxylic acids is 5. The quantitative estimate of drug-likeness (QED) is 0.0102. The van der Waals surface area contributed by atoms with Gasteiger partial charge in [-0.25, -0.2) is 40.7 Å². The zero-order valence-electron chi connectivity index (χ0n) is 64.0. The minimum Gasteiger partial charge on any atom is -0.460 e. The molecule has 47 heteroatoms. The van der Waals surface area contributed by atoms with Crippen molar-refractivity contribution in [1.82, 2.24) is 14.9 Å². The summed E-state index contributed by atoms with van der Waals surface area (Å²) < 4.78 is 347. The van der Waals surface area contributed by atoms with Crippen LogP contribution in [0.4, 0.5) is 105 Å². The molecule has 4 N–H and O–H groups in total. The molecule has 1 atom stereocenters. The molecule has 0 radical (unpaired) electrons. The summed E-state index contributed by atoms with van der Waals surface area (Å²) in [5.41, 5.74) is 2.71. The SMILES string of the molecule is CC(F)(F)CN.CC(F)(F)CN1C(=O)C2=C(C(c3cccc4[nH]c(=O)oc34)=NC2)C1c1ccc(Oc2ccc(OC(F)(F)F)c(C(F)(F)F)c2)cc1.CC(F)(F)CN=Cc1ccc(Oc2ccc(OC(F)(F)F)c(C(F)(F)F)c2)cc1.CCOC(=O)C(=O)CC(=O)c1cccc2[nH]c(=O)oc12.Cl.O=Cc1ccc(Oc2ccc(OC(F)(F)F)c(C(F)(F)F)c2)cc1. The third-order valence-electron chi connectivity index (χ3n) is 16.0. The average Bonchev–Trinajstić information content (AvgIpc) is 1.57. The molecule has 10 aromatic rings. The van der Waals surface area contributed by atoms with Crippen LogP contribution in [0.15, 0.2) is 203 Å². The fourth-order valence-corrected chi connectivity index (χ4v) is 11.0. The summed E-state index contributed by atoms with van der Waals surface area (Å²) in [6, 6.07) is 29.8. The number of amides is 1. The Bertz CT molecular complexity index is 5740. The number of oxazole rings is 2. The van der Waals surface area contributed by atoms with Gasteiger partial charge in [-0.05, 0) is 158 Å². The number of Topliss-reactive ketones (excluding diaryl/α,β-unsaturated/α-hetero) is 2. The highest BCUT2D eigenvalue weighted by molar-refractivity contribution is 6.38. The number of ketones is 2. The summed E-state index contributed by atoms with van der Waals surface area (Å²) in [7, 11) is 0. The van der Waals surface area contributed by atoms with Crippen LogP contribution in [0.5, 0.6) is 51.7 Å². The molecule has 0 spiro atoms. The van der Waals surface area contributed by atoms with Crippen LogP contribution in [0.3, 0.4) is 0 Å². The molecule has 0 bridgehead atoms. The van der Waals surface area contributed by atoms with E-state index in [0.717, 1.165) is 30.0 Å². The molecule has 1 unspecified atom stereocenters. The van der Waals surface area contributed by atoms with E-state index < -0.39 is 162 Å². The minimum absolute atomic E-state index is 0. The van der Waals surface area contributed by atoms with Gasteiger partial charge in [-0.1, -0.05) is 24.3 Å². The van der Waals surface area contributed by atoms with Gasteiger partial charge in [0.25, 0.3) is 23.7 Å². The zero-order chi connectivity index (χ0) is 92.9. The Kier molecular flexibility index (Phi) is 31.8. The summed E-state index contributed by atoms with van der Waals surface area (Å²) in [4.78, 5) is 95.5. The average molecular weight is 1840 g/mol. The van der Waals surface area contributed by atoms with Crippen LogP contribution in [0.2, 0.25) is 0 Å². The van der Waals surface area contributed by atoms with E-state index in [4.69, 9.17) is 23.0 Å². The lowest BCUT2D eigenvalue weighted by atomic mass is 9.91. The normalized spacial score (nSPS) is 13.8. The summed E-state index contributed by atoms with van der Waals surface area (Å²) in [6.07, 6.45) is -30.2. The highest BCUT2D eigenvalue weighted by atomic mass is 35.5. The van der Waals surface area contributed by atoms with Gasteiger partial charge in [0.1, 0.15) is 81.3 Å². The third-order valence-corrected chi connectivity index (χ3v) is 16.0. The predicted octanol–water partition coefficient (Wildman–Crippen LogP) is 20.7. The van der Waals surface area contributed by atoms with E-state index in [0.29, 0.717) is 95.4 Å². The van der Waals surface area contributed by atoms with Gasteiger partial charge in [0, 0.05) is 49.3 Å². The molecule has 0 aliphatic carbocycles. The molecule has 4 heterocycles. The Morgan fingerprint density at radius 1 is 0.524 bits per heavy atom. The van der Waals surface area contributed by atoms with Gasteiger partial charge < -0.3 is 52.6 Å². The van der Waals surface area contributed by atoms with E-state index >= 15 is 0 Å². The number of H-pyrrole nitrogens is 2. The van der Waals surface area contributed by atoms with Crippen molar-refractivity contribution >= 4 is 76.3 Å². The Balaban J connectivity index is 0.000000236. The monoisotopic (exact) mass is 1840 g/mol. The van der Waals surface area contributed by atoms with Crippen molar-refractivity contribution in [2.75, 3.05) is 32.8 Å². The molecule has 126 heavy (non-hydrogen) atoms. The Hall–Kier alpha value is -13.3. The number of alkyl halides is 24. The van der Waals surface area contributed by atoms with E-state index in [1.807, 2.05) is 0 Å². The molecular formula is C79H59ClF24N6O16. The number of aldehydes is 1. The Labute approximate surface area is 696 Å². The maximum absolute atomic E-state index is 14.3. The second-order valence-electron chi connectivity index (χ2n) is 26.2. The van der Waals surface area contributed by atoms with Crippen molar-refractivity contribution < 1.29 is 171 Å². The number of aliphatic imine (C=N–C) groups is 2. The summed E-state index contributed by atoms with van der Waals surface area (Å²) in [5.74, 6) is -18.9. The highest BCUT2D eigenvalue weighted by Crippen LogP contribution is 2.48. The van der Waals surface area contributed by atoms with E-state index in [9.17, 15) is 139 Å². The van der Waals surface area contributed by atoms with E-state index in [1.165, 1.54) is 91.1 Å². The number of nitrogens with zero attached hydrogens (tertiary/aromatic N) is 3. The van der Waals surface area contributed by atoms with E-state index in [1.54, 1.807) is 31.2 Å². The number of fused-ring (bicyclic) bond motifs is 2. The molecular weight excluding hydrogens is 1780 g/mol. The molecule has 0 fully saturated rings. The smallest absolute Gasteiger partial charge is 0.460 e. The van der Waals surface area contributed by atoms with Gasteiger partial charge in [-0.3, -0.25) is 39.1 Å². The van der Waals surface area contributed by atoms with Gasteiger partial charge in [0.2, 0.25) is 5.78 Å². The van der Waals surface area contributed by atoms with Crippen molar-refractivity contribution in [3.8, 4) is 51.7 Å². The number of hydrogen-bond donors (Lipinski definition) is 3. The number of rotatable bonds is 23. The molecule has 0 saturated carbocycles. The lowest BCUT2D eigenvalue weighted by Gasteiger charge is -2.30. The van der Waals surface area contributed by atoms with E-state index in [-0.39, 0.29) is 82.3 Å². The molecule has 12 rings (SSSR count). The van der Waals surface area contributed by atoms with Crippen molar-refractivity contribution in [2.24, 2.45) is 15.7 Å². The fourth-order valence-electron chi connectivity index (χ4n) is 11.0. The van der Waals surface area contributed by atoms with Gasteiger partial charge >= 0.3 is 55.1 Å².